The molecule has 0 amide bonds. The number of benzene rings is 1. The van der Waals surface area contributed by atoms with E-state index in [2.05, 4.69) is 4.98 Å². The molecule has 1 aromatic carbocycles. The lowest BCUT2D eigenvalue weighted by Gasteiger charge is -2.19. The second-order valence-corrected chi connectivity index (χ2v) is 7.01. The van der Waals surface area contributed by atoms with Crippen LogP contribution in [-0.2, 0) is 10.0 Å². The quantitative estimate of drug-likeness (QED) is 0.941. The highest BCUT2D eigenvalue weighted by Gasteiger charge is 2.22. The van der Waals surface area contributed by atoms with Crippen molar-refractivity contribution in [1.29, 1.82) is 0 Å². The van der Waals surface area contributed by atoms with Gasteiger partial charge in [-0.25, -0.2) is 8.42 Å². The average Bonchev–Trinajstić information content (AvgIpc) is 2.40. The third kappa shape index (κ3) is 2.73. The highest BCUT2D eigenvalue weighted by molar-refractivity contribution is 7.89. The van der Waals surface area contributed by atoms with Crippen molar-refractivity contribution in [3.05, 3.63) is 39.7 Å². The van der Waals surface area contributed by atoms with Gasteiger partial charge in [-0.05, 0) is 37.1 Å². The summed E-state index contributed by atoms with van der Waals surface area (Å²) in [5, 5.41) is 0.764. The smallest absolute Gasteiger partial charge is 0.248 e. The SMILES string of the molecule is CCN(CC)S(=O)(=O)c1cc(C)c2[nH]c(=O)cc(C)c2c1. The number of H-pyrrole nitrogens is 1. The number of aromatic nitrogens is 1. The molecular weight excluding hydrogens is 288 g/mol. The number of pyridine rings is 1. The molecule has 2 aromatic rings. The molecule has 2 rings (SSSR count). The summed E-state index contributed by atoms with van der Waals surface area (Å²) in [6.07, 6.45) is 0. The van der Waals surface area contributed by atoms with Gasteiger partial charge in [-0.15, -0.1) is 0 Å². The van der Waals surface area contributed by atoms with Gasteiger partial charge in [0.25, 0.3) is 0 Å². The molecule has 0 saturated heterocycles. The average molecular weight is 308 g/mol. The molecule has 0 bridgehead atoms. The second-order valence-electron chi connectivity index (χ2n) is 5.07. The fourth-order valence-electron chi connectivity index (χ4n) is 2.53. The molecule has 1 aromatic heterocycles. The third-order valence-corrected chi connectivity index (χ3v) is 5.70. The maximum Gasteiger partial charge on any atom is 0.248 e. The number of sulfonamides is 1. The van der Waals surface area contributed by atoms with Crippen molar-refractivity contribution >= 4 is 20.9 Å². The van der Waals surface area contributed by atoms with E-state index in [0.717, 1.165) is 16.5 Å². The molecule has 0 fully saturated rings. The molecular formula is C15H20N2O3S. The number of hydrogen-bond acceptors (Lipinski definition) is 3. The van der Waals surface area contributed by atoms with Crippen LogP contribution in [0.15, 0.2) is 27.9 Å². The topological polar surface area (TPSA) is 70.2 Å². The third-order valence-electron chi connectivity index (χ3n) is 3.67. The van der Waals surface area contributed by atoms with Gasteiger partial charge in [0.1, 0.15) is 0 Å². The van der Waals surface area contributed by atoms with E-state index in [-0.39, 0.29) is 10.5 Å². The molecule has 5 nitrogen and oxygen atoms in total. The number of hydrogen-bond donors (Lipinski definition) is 1. The van der Waals surface area contributed by atoms with E-state index in [9.17, 15) is 13.2 Å². The zero-order valence-corrected chi connectivity index (χ0v) is 13.5. The van der Waals surface area contributed by atoms with E-state index in [1.807, 2.05) is 20.8 Å². The van der Waals surface area contributed by atoms with E-state index in [1.165, 1.54) is 10.4 Å². The van der Waals surface area contributed by atoms with E-state index in [4.69, 9.17) is 0 Å². The van der Waals surface area contributed by atoms with Gasteiger partial charge in [0.2, 0.25) is 15.6 Å². The van der Waals surface area contributed by atoms with Gasteiger partial charge in [0.05, 0.1) is 10.4 Å². The molecule has 1 N–H and O–H groups in total. The maximum atomic E-state index is 12.6. The molecule has 114 valence electrons. The zero-order valence-electron chi connectivity index (χ0n) is 12.7. The van der Waals surface area contributed by atoms with E-state index in [1.54, 1.807) is 19.1 Å². The Morgan fingerprint density at radius 3 is 2.24 bits per heavy atom. The van der Waals surface area contributed by atoms with E-state index in [0.29, 0.717) is 18.6 Å². The minimum atomic E-state index is -3.50. The van der Waals surface area contributed by atoms with Crippen LogP contribution in [0.2, 0.25) is 0 Å². The number of nitrogens with zero attached hydrogens (tertiary/aromatic N) is 1. The van der Waals surface area contributed by atoms with Crippen molar-refractivity contribution in [2.45, 2.75) is 32.6 Å². The van der Waals surface area contributed by atoms with Gasteiger partial charge in [-0.1, -0.05) is 13.8 Å². The summed E-state index contributed by atoms with van der Waals surface area (Å²) >= 11 is 0. The number of aryl methyl sites for hydroxylation is 2. The predicted octanol–water partition coefficient (Wildman–Crippen LogP) is 2.18. The summed E-state index contributed by atoms with van der Waals surface area (Å²) in [5.74, 6) is 0. The van der Waals surface area contributed by atoms with Crippen LogP contribution in [-0.4, -0.2) is 30.8 Å². The summed E-state index contributed by atoms with van der Waals surface area (Å²) < 4.78 is 26.7. The van der Waals surface area contributed by atoms with E-state index < -0.39 is 10.0 Å². The minimum absolute atomic E-state index is 0.178. The summed E-state index contributed by atoms with van der Waals surface area (Å²) in [5.41, 5.74) is 2.04. The molecule has 0 aliphatic carbocycles. The molecule has 0 atom stereocenters. The first-order valence-electron chi connectivity index (χ1n) is 6.95. The van der Waals surface area contributed by atoms with Gasteiger partial charge in [0, 0.05) is 24.5 Å². The molecule has 0 aliphatic rings. The van der Waals surface area contributed by atoms with Crippen LogP contribution in [0.5, 0.6) is 0 Å². The molecule has 1 heterocycles. The van der Waals surface area contributed by atoms with Gasteiger partial charge in [-0.3, -0.25) is 4.79 Å². The monoisotopic (exact) mass is 308 g/mol. The lowest BCUT2D eigenvalue weighted by Crippen LogP contribution is -2.30. The zero-order chi connectivity index (χ0) is 15.8. The van der Waals surface area contributed by atoms with Crippen LogP contribution in [0, 0.1) is 13.8 Å². The Balaban J connectivity index is 2.76. The first kappa shape index (κ1) is 15.7. The van der Waals surface area contributed by atoms with Crippen LogP contribution in [0.3, 0.4) is 0 Å². The van der Waals surface area contributed by atoms with Crippen LogP contribution in [0.4, 0.5) is 0 Å². The van der Waals surface area contributed by atoms with Gasteiger partial charge >= 0.3 is 0 Å². The Morgan fingerprint density at radius 1 is 1.05 bits per heavy atom. The van der Waals surface area contributed by atoms with Crippen molar-refractivity contribution in [2.75, 3.05) is 13.1 Å². The summed E-state index contributed by atoms with van der Waals surface area (Å²) in [6.45, 7) is 8.11. The molecule has 0 saturated carbocycles. The molecule has 0 aliphatic heterocycles. The number of fused-ring (bicyclic) bond motifs is 1. The summed E-state index contributed by atoms with van der Waals surface area (Å²) in [4.78, 5) is 14.6. The molecule has 0 radical (unpaired) electrons. The first-order valence-corrected chi connectivity index (χ1v) is 8.39. The van der Waals surface area contributed by atoms with Crippen LogP contribution in [0.1, 0.15) is 25.0 Å². The van der Waals surface area contributed by atoms with Gasteiger partial charge < -0.3 is 4.98 Å². The highest BCUT2D eigenvalue weighted by Crippen LogP contribution is 2.25. The first-order chi connectivity index (χ1) is 9.81. The second kappa shape index (κ2) is 5.61. The highest BCUT2D eigenvalue weighted by atomic mass is 32.2. The van der Waals surface area contributed by atoms with Crippen molar-refractivity contribution in [3.63, 3.8) is 0 Å². The van der Waals surface area contributed by atoms with Crippen molar-refractivity contribution in [3.8, 4) is 0 Å². The lowest BCUT2D eigenvalue weighted by atomic mass is 10.1. The lowest BCUT2D eigenvalue weighted by molar-refractivity contribution is 0.445. The molecule has 21 heavy (non-hydrogen) atoms. The van der Waals surface area contributed by atoms with Crippen molar-refractivity contribution in [2.24, 2.45) is 0 Å². The molecule has 0 unspecified atom stereocenters. The Bertz CT molecular complexity index is 834. The molecule has 0 spiro atoms. The van der Waals surface area contributed by atoms with Crippen LogP contribution in [0.25, 0.3) is 10.9 Å². The van der Waals surface area contributed by atoms with Gasteiger partial charge in [-0.2, -0.15) is 4.31 Å². The normalized spacial score (nSPS) is 12.2. The van der Waals surface area contributed by atoms with Crippen LogP contribution < -0.4 is 5.56 Å². The summed E-state index contributed by atoms with van der Waals surface area (Å²) in [6, 6.07) is 4.74. The Kier molecular flexibility index (Phi) is 4.20. The predicted molar refractivity (Wildman–Crippen MR) is 84.1 cm³/mol. The Labute approximate surface area is 124 Å². The minimum Gasteiger partial charge on any atom is -0.322 e. The molecule has 6 heteroatoms. The Morgan fingerprint density at radius 2 is 1.67 bits per heavy atom. The van der Waals surface area contributed by atoms with Crippen molar-refractivity contribution < 1.29 is 8.42 Å². The fraction of sp³-hybridized carbons (Fsp3) is 0.400. The largest absolute Gasteiger partial charge is 0.322 e. The van der Waals surface area contributed by atoms with E-state index >= 15 is 0 Å². The fourth-order valence-corrected chi connectivity index (χ4v) is 4.10. The number of aromatic amines is 1. The summed E-state index contributed by atoms with van der Waals surface area (Å²) in [7, 11) is -3.50. The van der Waals surface area contributed by atoms with Crippen molar-refractivity contribution in [1.82, 2.24) is 9.29 Å². The maximum absolute atomic E-state index is 12.6. The van der Waals surface area contributed by atoms with Gasteiger partial charge in [0.15, 0.2) is 0 Å². The Hall–Kier alpha value is -1.66. The number of nitrogens with one attached hydrogen (secondary N) is 1. The van der Waals surface area contributed by atoms with Crippen LogP contribution >= 0.6 is 0 Å². The standard InChI is InChI=1S/C15H20N2O3S/c1-5-17(6-2)21(19,20)12-7-11(4)15-13(9-12)10(3)8-14(18)16-15/h7-9H,5-6H2,1-4H3,(H,16,18). The number of rotatable bonds is 4.